The molecule has 0 radical (unpaired) electrons. The van der Waals surface area contributed by atoms with Gasteiger partial charge < -0.3 is 24.7 Å². The number of guanidine groups is 1. The molecule has 0 aromatic carbocycles. The highest BCUT2D eigenvalue weighted by atomic mass is 16.5. The molecule has 0 atom stereocenters. The van der Waals surface area contributed by atoms with Crippen molar-refractivity contribution in [3.63, 3.8) is 0 Å². The fraction of sp³-hybridized carbons (Fsp3) is 0.773. The molecule has 164 valence electrons. The molecule has 2 saturated heterocycles. The van der Waals surface area contributed by atoms with Crippen LogP contribution in [0, 0.1) is 0 Å². The van der Waals surface area contributed by atoms with E-state index in [0.29, 0.717) is 12.1 Å². The van der Waals surface area contributed by atoms with Crippen molar-refractivity contribution in [1.82, 2.24) is 20.4 Å². The van der Waals surface area contributed by atoms with Gasteiger partial charge in [-0.2, -0.15) is 0 Å². The Bertz CT molecular complexity index is 576. The van der Waals surface area contributed by atoms with Gasteiger partial charge in [-0.3, -0.25) is 9.89 Å². The number of morpholine rings is 1. The van der Waals surface area contributed by atoms with Crippen LogP contribution in [-0.4, -0.2) is 86.9 Å². The topological polar surface area (TPSA) is 65.3 Å². The second-order valence-electron chi connectivity index (χ2n) is 8.34. The molecule has 2 fully saturated rings. The van der Waals surface area contributed by atoms with Crippen molar-refractivity contribution in [2.24, 2.45) is 4.99 Å². The van der Waals surface area contributed by atoms with Crippen molar-refractivity contribution in [3.05, 3.63) is 24.2 Å². The van der Waals surface area contributed by atoms with Crippen LogP contribution in [0.4, 0.5) is 0 Å². The molecule has 7 nitrogen and oxygen atoms in total. The Hall–Kier alpha value is -1.57. The second-order valence-corrected chi connectivity index (χ2v) is 8.34. The van der Waals surface area contributed by atoms with Gasteiger partial charge in [0.05, 0.1) is 19.5 Å². The summed E-state index contributed by atoms with van der Waals surface area (Å²) in [6, 6.07) is 5.10. The van der Waals surface area contributed by atoms with E-state index in [1.807, 2.05) is 12.1 Å². The predicted molar refractivity (Wildman–Crippen MR) is 117 cm³/mol. The number of hydrogen-bond acceptors (Lipinski definition) is 5. The van der Waals surface area contributed by atoms with Gasteiger partial charge in [-0.15, -0.1) is 0 Å². The summed E-state index contributed by atoms with van der Waals surface area (Å²) in [6.45, 7) is 13.5. The summed E-state index contributed by atoms with van der Waals surface area (Å²) >= 11 is 0. The van der Waals surface area contributed by atoms with Crippen LogP contribution in [-0.2, 0) is 11.2 Å². The monoisotopic (exact) mass is 405 g/mol. The Labute approximate surface area is 175 Å². The molecular formula is C22H39N5O2. The molecule has 0 amide bonds. The minimum Gasteiger partial charge on any atom is -0.469 e. The number of piperidine rings is 1. The lowest BCUT2D eigenvalue weighted by Crippen LogP contribution is -2.50. The fourth-order valence-corrected chi connectivity index (χ4v) is 3.98. The van der Waals surface area contributed by atoms with Crippen molar-refractivity contribution < 1.29 is 9.15 Å². The quantitative estimate of drug-likeness (QED) is 0.372. The van der Waals surface area contributed by atoms with Crippen LogP contribution in [0.3, 0.4) is 0 Å². The van der Waals surface area contributed by atoms with Crippen molar-refractivity contribution in [2.75, 3.05) is 59.0 Å². The molecule has 0 bridgehead atoms. The van der Waals surface area contributed by atoms with E-state index in [-0.39, 0.29) is 0 Å². The number of hydrogen-bond donors (Lipinski definition) is 2. The van der Waals surface area contributed by atoms with Gasteiger partial charge in [0, 0.05) is 64.3 Å². The Morgan fingerprint density at radius 2 is 2.00 bits per heavy atom. The van der Waals surface area contributed by atoms with E-state index in [4.69, 9.17) is 14.1 Å². The van der Waals surface area contributed by atoms with Crippen LogP contribution in [0.1, 0.15) is 38.9 Å². The van der Waals surface area contributed by atoms with Gasteiger partial charge in [-0.25, -0.2) is 0 Å². The maximum Gasteiger partial charge on any atom is 0.191 e. The van der Waals surface area contributed by atoms with E-state index in [1.54, 1.807) is 6.26 Å². The molecule has 0 saturated carbocycles. The Morgan fingerprint density at radius 1 is 1.21 bits per heavy atom. The van der Waals surface area contributed by atoms with Gasteiger partial charge >= 0.3 is 0 Å². The predicted octanol–water partition coefficient (Wildman–Crippen LogP) is 1.95. The first-order chi connectivity index (χ1) is 14.2. The van der Waals surface area contributed by atoms with Crippen molar-refractivity contribution in [3.8, 4) is 0 Å². The summed E-state index contributed by atoms with van der Waals surface area (Å²) < 4.78 is 10.9. The Kier molecular flexibility index (Phi) is 9.31. The molecule has 0 aliphatic carbocycles. The van der Waals surface area contributed by atoms with Crippen molar-refractivity contribution >= 4 is 5.96 Å². The number of likely N-dealkylation sites (tertiary alicyclic amines) is 1. The SMILES string of the molecule is CC(C)N1CCC(NC(=NCCCN2CCOCC2)NCCc2ccco2)CC1. The number of nitrogens with one attached hydrogen (secondary N) is 2. The molecule has 2 aliphatic heterocycles. The molecule has 2 N–H and O–H groups in total. The van der Waals surface area contributed by atoms with Crippen LogP contribution >= 0.6 is 0 Å². The van der Waals surface area contributed by atoms with Crippen molar-refractivity contribution in [2.45, 2.75) is 51.6 Å². The van der Waals surface area contributed by atoms with Crippen molar-refractivity contribution in [1.29, 1.82) is 0 Å². The number of aliphatic imine (C=N–C) groups is 1. The highest BCUT2D eigenvalue weighted by Crippen LogP contribution is 2.13. The van der Waals surface area contributed by atoms with E-state index in [1.165, 1.54) is 12.8 Å². The zero-order valence-corrected chi connectivity index (χ0v) is 18.2. The number of nitrogens with zero attached hydrogens (tertiary/aromatic N) is 3. The molecule has 3 heterocycles. The molecule has 2 aliphatic rings. The van der Waals surface area contributed by atoms with Gasteiger partial charge in [0.1, 0.15) is 5.76 Å². The third kappa shape index (κ3) is 7.99. The van der Waals surface area contributed by atoms with Gasteiger partial charge in [0.15, 0.2) is 5.96 Å². The normalized spacial score (nSPS) is 20.3. The van der Waals surface area contributed by atoms with Gasteiger partial charge in [-0.1, -0.05) is 0 Å². The second kappa shape index (κ2) is 12.2. The van der Waals surface area contributed by atoms with E-state index >= 15 is 0 Å². The van der Waals surface area contributed by atoms with Gasteiger partial charge in [-0.05, 0) is 45.2 Å². The highest BCUT2D eigenvalue weighted by Gasteiger charge is 2.21. The molecule has 1 aromatic rings. The molecule has 0 spiro atoms. The largest absolute Gasteiger partial charge is 0.469 e. The van der Waals surface area contributed by atoms with Crippen LogP contribution in [0.15, 0.2) is 27.8 Å². The van der Waals surface area contributed by atoms with E-state index in [0.717, 1.165) is 83.6 Å². The fourth-order valence-electron chi connectivity index (χ4n) is 3.98. The smallest absolute Gasteiger partial charge is 0.191 e. The van der Waals surface area contributed by atoms with Crippen LogP contribution in [0.5, 0.6) is 0 Å². The maximum absolute atomic E-state index is 5.44. The zero-order valence-electron chi connectivity index (χ0n) is 18.2. The summed E-state index contributed by atoms with van der Waals surface area (Å²) in [7, 11) is 0. The lowest BCUT2D eigenvalue weighted by atomic mass is 10.0. The van der Waals surface area contributed by atoms with Crippen LogP contribution in [0.25, 0.3) is 0 Å². The molecule has 1 aromatic heterocycles. The number of rotatable bonds is 9. The Balaban J connectivity index is 1.44. The summed E-state index contributed by atoms with van der Waals surface area (Å²) in [5.41, 5.74) is 0. The van der Waals surface area contributed by atoms with Crippen LogP contribution < -0.4 is 10.6 Å². The number of furan rings is 1. The van der Waals surface area contributed by atoms with E-state index < -0.39 is 0 Å². The zero-order chi connectivity index (χ0) is 20.3. The first kappa shape index (κ1) is 22.1. The average molecular weight is 406 g/mol. The van der Waals surface area contributed by atoms with Crippen LogP contribution in [0.2, 0.25) is 0 Å². The first-order valence-electron chi connectivity index (χ1n) is 11.3. The number of ether oxygens (including phenoxy) is 1. The van der Waals surface area contributed by atoms with E-state index in [9.17, 15) is 0 Å². The summed E-state index contributed by atoms with van der Waals surface area (Å²) in [6.07, 6.45) is 6.02. The molecule has 3 rings (SSSR count). The lowest BCUT2D eigenvalue weighted by molar-refractivity contribution is 0.0377. The summed E-state index contributed by atoms with van der Waals surface area (Å²) in [5.74, 6) is 1.95. The third-order valence-corrected chi connectivity index (χ3v) is 5.85. The molecular weight excluding hydrogens is 366 g/mol. The Morgan fingerprint density at radius 3 is 2.69 bits per heavy atom. The maximum atomic E-state index is 5.44. The average Bonchev–Trinajstić information content (AvgIpc) is 3.25. The van der Waals surface area contributed by atoms with Gasteiger partial charge in [0.2, 0.25) is 0 Å². The summed E-state index contributed by atoms with van der Waals surface area (Å²) in [4.78, 5) is 9.90. The molecule has 0 unspecified atom stereocenters. The van der Waals surface area contributed by atoms with Gasteiger partial charge in [0.25, 0.3) is 0 Å². The minimum atomic E-state index is 0.499. The molecule has 7 heteroatoms. The summed E-state index contributed by atoms with van der Waals surface area (Å²) in [5, 5.41) is 7.19. The third-order valence-electron chi connectivity index (χ3n) is 5.85. The first-order valence-corrected chi connectivity index (χ1v) is 11.3. The lowest BCUT2D eigenvalue weighted by Gasteiger charge is -2.35. The highest BCUT2D eigenvalue weighted by molar-refractivity contribution is 5.80. The minimum absolute atomic E-state index is 0.499. The molecule has 29 heavy (non-hydrogen) atoms. The standard InChI is InChI=1S/C22H39N5O2/c1-19(2)27-12-7-20(8-13-27)25-22(24-10-6-21-5-3-16-29-21)23-9-4-11-26-14-17-28-18-15-26/h3,5,16,19-20H,4,6-15,17-18H2,1-2H3,(H2,23,24,25). The van der Waals surface area contributed by atoms with E-state index in [2.05, 4.69) is 34.3 Å².